The minimum atomic E-state index is -0.702. The van der Waals surface area contributed by atoms with Crippen LogP contribution < -0.4 is 16.0 Å². The van der Waals surface area contributed by atoms with Gasteiger partial charge in [0.25, 0.3) is 0 Å². The van der Waals surface area contributed by atoms with Crippen LogP contribution in [0.15, 0.2) is 53.7 Å². The number of para-hydroxylation sites is 1. The van der Waals surface area contributed by atoms with Gasteiger partial charge in [-0.05, 0) is 54.0 Å². The molecule has 8 nitrogen and oxygen atoms in total. The lowest BCUT2D eigenvalue weighted by molar-refractivity contribution is -0.136. The lowest BCUT2D eigenvalue weighted by Gasteiger charge is -2.35. The summed E-state index contributed by atoms with van der Waals surface area (Å²) >= 11 is 0. The summed E-state index contributed by atoms with van der Waals surface area (Å²) in [4.78, 5) is 40.2. The molecule has 37 heavy (non-hydrogen) atoms. The van der Waals surface area contributed by atoms with Crippen molar-refractivity contribution in [3.05, 3.63) is 70.4 Å². The molecule has 0 aromatic heterocycles. The number of anilines is 2. The molecule has 0 bridgehead atoms. The van der Waals surface area contributed by atoms with E-state index in [0.717, 1.165) is 23.2 Å². The predicted molar refractivity (Wildman–Crippen MR) is 147 cm³/mol. The summed E-state index contributed by atoms with van der Waals surface area (Å²) in [5.41, 5.74) is 5.08. The second-order valence-electron chi connectivity index (χ2n) is 9.85. The largest absolute Gasteiger partial charge is 0.466 e. The topological polar surface area (TPSA) is 99.8 Å². The number of ether oxygens (including phenoxy) is 1. The van der Waals surface area contributed by atoms with Crippen LogP contribution in [0.2, 0.25) is 0 Å². The molecule has 2 aromatic rings. The van der Waals surface area contributed by atoms with Crippen LogP contribution in [0.1, 0.15) is 82.5 Å². The number of urea groups is 2. The Morgan fingerprint density at radius 1 is 1.03 bits per heavy atom. The van der Waals surface area contributed by atoms with Gasteiger partial charge >= 0.3 is 18.0 Å². The Balaban J connectivity index is 1.90. The molecule has 0 spiro atoms. The summed E-state index contributed by atoms with van der Waals surface area (Å²) in [5.74, 6) is -0.0243. The number of allylic oxidation sites excluding steroid dienone is 1. The lowest BCUT2D eigenvalue weighted by atomic mass is 9.93. The smallest absolute Gasteiger partial charge is 0.337 e. The van der Waals surface area contributed by atoms with Crippen molar-refractivity contribution in [1.82, 2.24) is 10.2 Å². The highest BCUT2D eigenvalue weighted by molar-refractivity contribution is 6.01. The second kappa shape index (κ2) is 12.0. The first-order chi connectivity index (χ1) is 17.6. The first kappa shape index (κ1) is 27.8. The van der Waals surface area contributed by atoms with Gasteiger partial charge in [-0.3, -0.25) is 4.90 Å². The molecule has 1 unspecified atom stereocenters. The van der Waals surface area contributed by atoms with Gasteiger partial charge in [-0.2, -0.15) is 0 Å². The van der Waals surface area contributed by atoms with E-state index < -0.39 is 12.0 Å². The highest BCUT2D eigenvalue weighted by Crippen LogP contribution is 2.34. The molecule has 0 saturated carbocycles. The number of nitrogens with one attached hydrogen (secondary N) is 3. The summed E-state index contributed by atoms with van der Waals surface area (Å²) < 4.78 is 5.04. The van der Waals surface area contributed by atoms with E-state index in [2.05, 4.69) is 43.6 Å². The molecule has 0 fully saturated rings. The number of amides is 4. The molecule has 4 amide bonds. The normalized spacial score (nSPS) is 15.6. The number of esters is 1. The van der Waals surface area contributed by atoms with Gasteiger partial charge in [0, 0.05) is 23.6 Å². The fraction of sp³-hybridized carbons (Fsp3) is 0.414. The minimum absolute atomic E-state index is 0.242. The highest BCUT2D eigenvalue weighted by Gasteiger charge is 2.36. The van der Waals surface area contributed by atoms with Crippen LogP contribution >= 0.6 is 0 Å². The van der Waals surface area contributed by atoms with Crippen LogP contribution in [0, 0.1) is 0 Å². The quantitative estimate of drug-likeness (QED) is 0.356. The fourth-order valence-corrected chi connectivity index (χ4v) is 4.67. The molecular formula is C29H38N4O4. The van der Waals surface area contributed by atoms with Crippen LogP contribution in [0.3, 0.4) is 0 Å². The molecule has 1 aliphatic heterocycles. The molecule has 8 heteroatoms. The SMILES string of the molecule is CCCN1C(=O)NC(c2cccc(NC(=O)Nc3c(C(C)C)cccc3C(C)C)c2)C(C(=O)OC)=C1C. The van der Waals surface area contributed by atoms with E-state index >= 15 is 0 Å². The van der Waals surface area contributed by atoms with E-state index in [1.165, 1.54) is 7.11 Å². The number of benzene rings is 2. The van der Waals surface area contributed by atoms with Crippen molar-refractivity contribution in [2.45, 2.75) is 65.8 Å². The van der Waals surface area contributed by atoms with E-state index in [4.69, 9.17) is 4.74 Å². The van der Waals surface area contributed by atoms with Crippen molar-refractivity contribution in [3.63, 3.8) is 0 Å². The average Bonchev–Trinajstić information content (AvgIpc) is 2.85. The Morgan fingerprint density at radius 2 is 1.65 bits per heavy atom. The highest BCUT2D eigenvalue weighted by atomic mass is 16.5. The lowest BCUT2D eigenvalue weighted by Crippen LogP contribution is -2.48. The summed E-state index contributed by atoms with van der Waals surface area (Å²) in [6.45, 7) is 12.6. The number of carbonyl (C=O) groups excluding carboxylic acids is 3. The van der Waals surface area contributed by atoms with Gasteiger partial charge in [0.05, 0.1) is 18.7 Å². The van der Waals surface area contributed by atoms with E-state index in [-0.39, 0.29) is 23.9 Å². The van der Waals surface area contributed by atoms with Crippen molar-refractivity contribution in [3.8, 4) is 0 Å². The maximum atomic E-state index is 13.1. The molecule has 3 rings (SSSR count). The third-order valence-electron chi connectivity index (χ3n) is 6.54. The van der Waals surface area contributed by atoms with Gasteiger partial charge in [0.15, 0.2) is 0 Å². The Kier molecular flexibility index (Phi) is 8.97. The molecule has 198 valence electrons. The third kappa shape index (κ3) is 6.13. The van der Waals surface area contributed by atoms with Crippen LogP contribution in [0.4, 0.5) is 21.0 Å². The van der Waals surface area contributed by atoms with E-state index in [9.17, 15) is 14.4 Å². The average molecular weight is 507 g/mol. The number of rotatable bonds is 8. The fourth-order valence-electron chi connectivity index (χ4n) is 4.67. The van der Waals surface area contributed by atoms with Crippen molar-refractivity contribution < 1.29 is 19.1 Å². The van der Waals surface area contributed by atoms with Gasteiger partial charge in [-0.15, -0.1) is 0 Å². The zero-order chi connectivity index (χ0) is 27.3. The van der Waals surface area contributed by atoms with Crippen LogP contribution in [-0.4, -0.2) is 36.6 Å². The first-order valence-corrected chi connectivity index (χ1v) is 12.8. The molecule has 0 saturated heterocycles. The zero-order valence-corrected chi connectivity index (χ0v) is 22.8. The standard InChI is InChI=1S/C29H38N4O4/c1-8-15-33-19(6)24(27(34)37-7)25(32-29(33)36)20-11-9-12-21(16-20)30-28(35)31-26-22(17(2)3)13-10-14-23(26)18(4)5/h9-14,16-18,25H,8,15H2,1-7H3,(H,32,36)(H2,30,31,35). The minimum Gasteiger partial charge on any atom is -0.466 e. The van der Waals surface area contributed by atoms with E-state index in [1.807, 2.05) is 31.2 Å². The number of nitrogens with zero attached hydrogens (tertiary/aromatic N) is 1. The summed E-state index contributed by atoms with van der Waals surface area (Å²) in [6, 6.07) is 11.8. The molecule has 3 N–H and O–H groups in total. The van der Waals surface area contributed by atoms with Crippen molar-refractivity contribution >= 4 is 29.4 Å². The van der Waals surface area contributed by atoms with Gasteiger partial charge in [-0.25, -0.2) is 14.4 Å². The summed E-state index contributed by atoms with van der Waals surface area (Å²) in [6.07, 6.45) is 0.747. The van der Waals surface area contributed by atoms with Crippen LogP contribution in [-0.2, 0) is 9.53 Å². The Morgan fingerprint density at radius 3 is 2.22 bits per heavy atom. The van der Waals surface area contributed by atoms with Crippen LogP contribution in [0.25, 0.3) is 0 Å². The molecule has 0 aliphatic carbocycles. The number of hydrogen-bond acceptors (Lipinski definition) is 4. The molecule has 1 aliphatic rings. The second-order valence-corrected chi connectivity index (χ2v) is 9.85. The number of hydrogen-bond donors (Lipinski definition) is 3. The van der Waals surface area contributed by atoms with Crippen molar-refractivity contribution in [2.24, 2.45) is 0 Å². The predicted octanol–water partition coefficient (Wildman–Crippen LogP) is 6.50. The molecule has 0 radical (unpaired) electrons. The van der Waals surface area contributed by atoms with Crippen LogP contribution in [0.5, 0.6) is 0 Å². The van der Waals surface area contributed by atoms with E-state index in [0.29, 0.717) is 29.1 Å². The van der Waals surface area contributed by atoms with Gasteiger partial charge in [-0.1, -0.05) is 65.0 Å². The maximum absolute atomic E-state index is 13.1. The Labute approximate surface area is 219 Å². The zero-order valence-electron chi connectivity index (χ0n) is 22.8. The molecular weight excluding hydrogens is 468 g/mol. The molecule has 2 aromatic carbocycles. The van der Waals surface area contributed by atoms with E-state index in [1.54, 1.807) is 30.0 Å². The van der Waals surface area contributed by atoms with Gasteiger partial charge in [0.2, 0.25) is 0 Å². The molecule has 1 atom stereocenters. The summed E-state index contributed by atoms with van der Waals surface area (Å²) in [5, 5.41) is 8.88. The van der Waals surface area contributed by atoms with Gasteiger partial charge in [0.1, 0.15) is 0 Å². The van der Waals surface area contributed by atoms with Crippen molar-refractivity contribution in [1.29, 1.82) is 0 Å². The summed E-state index contributed by atoms with van der Waals surface area (Å²) in [7, 11) is 1.32. The first-order valence-electron chi connectivity index (χ1n) is 12.8. The number of carbonyl (C=O) groups is 3. The molecule has 1 heterocycles. The Bertz CT molecular complexity index is 1180. The van der Waals surface area contributed by atoms with Gasteiger partial charge < -0.3 is 20.7 Å². The van der Waals surface area contributed by atoms with Crippen molar-refractivity contribution in [2.75, 3.05) is 24.3 Å². The monoisotopic (exact) mass is 506 g/mol. The maximum Gasteiger partial charge on any atom is 0.337 e. The number of methoxy groups -OCH3 is 1. The third-order valence-corrected chi connectivity index (χ3v) is 6.54. The Hall–Kier alpha value is -3.81.